The number of hydrogen-bond donors (Lipinski definition) is 0. The molecule has 0 spiro atoms. The largest absolute Gasteiger partial charge is 0.497 e. The van der Waals surface area contributed by atoms with Gasteiger partial charge in [-0.15, -0.1) is 0 Å². The molecule has 7 heteroatoms. The summed E-state index contributed by atoms with van der Waals surface area (Å²) in [6.07, 6.45) is 2.37. The molecule has 0 saturated heterocycles. The zero-order valence-corrected chi connectivity index (χ0v) is 17.5. The van der Waals surface area contributed by atoms with Crippen molar-refractivity contribution < 1.29 is 19.0 Å². The van der Waals surface area contributed by atoms with E-state index in [9.17, 15) is 9.59 Å². The van der Waals surface area contributed by atoms with E-state index in [1.165, 1.54) is 11.8 Å². The van der Waals surface area contributed by atoms with Crippen molar-refractivity contribution in [2.75, 3.05) is 20.8 Å². The van der Waals surface area contributed by atoms with E-state index < -0.39 is 0 Å². The number of methoxy groups -OCH3 is 2. The van der Waals surface area contributed by atoms with E-state index in [4.69, 9.17) is 9.47 Å². The van der Waals surface area contributed by atoms with Crippen molar-refractivity contribution in [3.05, 3.63) is 70.1 Å². The first kappa shape index (κ1) is 21.5. The van der Waals surface area contributed by atoms with Gasteiger partial charge < -0.3 is 14.2 Å². The number of esters is 1. The Morgan fingerprint density at radius 1 is 1.10 bits per heavy atom. The molecule has 1 heterocycles. The number of hydrogen-bond acceptors (Lipinski definition) is 6. The number of benzene rings is 2. The van der Waals surface area contributed by atoms with Gasteiger partial charge in [-0.1, -0.05) is 24.3 Å². The molecule has 158 valence electrons. The third-order valence-electron chi connectivity index (χ3n) is 4.98. The van der Waals surface area contributed by atoms with Crippen LogP contribution in [0.3, 0.4) is 0 Å². The first-order valence-corrected chi connectivity index (χ1v) is 9.83. The summed E-state index contributed by atoms with van der Waals surface area (Å²) in [5, 5.41) is 5.74. The third-order valence-corrected chi connectivity index (χ3v) is 4.98. The number of nitrogens with zero attached hydrogens (tertiary/aromatic N) is 2. The van der Waals surface area contributed by atoms with E-state index in [0.29, 0.717) is 31.4 Å². The molecule has 0 aliphatic carbocycles. The van der Waals surface area contributed by atoms with Gasteiger partial charge in [-0.2, -0.15) is 5.10 Å². The van der Waals surface area contributed by atoms with Crippen molar-refractivity contribution in [2.24, 2.45) is 0 Å². The maximum Gasteiger partial charge on any atom is 0.305 e. The fourth-order valence-electron chi connectivity index (χ4n) is 3.27. The average molecular weight is 410 g/mol. The smallest absolute Gasteiger partial charge is 0.305 e. The predicted octanol–water partition coefficient (Wildman–Crippen LogP) is 3.48. The molecule has 1 atom stereocenters. The molecule has 30 heavy (non-hydrogen) atoms. The summed E-state index contributed by atoms with van der Waals surface area (Å²) in [4.78, 5) is 24.2. The SMILES string of the molecule is COC(=O)CCCOC(C)c1cccc2c(=O)n(Cc3ccc(OC)cc3)ncc12. The van der Waals surface area contributed by atoms with Crippen molar-refractivity contribution in [3.8, 4) is 5.75 Å². The fraction of sp³-hybridized carbons (Fsp3) is 0.348. The number of carbonyl (C=O) groups is 1. The molecule has 2 aromatic carbocycles. The van der Waals surface area contributed by atoms with Crippen LogP contribution in [0.5, 0.6) is 5.75 Å². The lowest BCUT2D eigenvalue weighted by Gasteiger charge is -2.16. The molecule has 3 rings (SSSR count). The molecule has 0 aliphatic heterocycles. The Labute approximate surface area is 175 Å². The Morgan fingerprint density at radius 3 is 2.57 bits per heavy atom. The number of rotatable bonds is 9. The molecular weight excluding hydrogens is 384 g/mol. The quantitative estimate of drug-likeness (QED) is 0.397. The van der Waals surface area contributed by atoms with Gasteiger partial charge in [0.1, 0.15) is 5.75 Å². The Balaban J connectivity index is 1.77. The summed E-state index contributed by atoms with van der Waals surface area (Å²) in [6.45, 7) is 2.73. The second kappa shape index (κ2) is 10.0. The summed E-state index contributed by atoms with van der Waals surface area (Å²) in [7, 11) is 2.99. The molecule has 1 aromatic heterocycles. The zero-order valence-electron chi connectivity index (χ0n) is 17.5. The molecule has 0 radical (unpaired) electrons. The van der Waals surface area contributed by atoms with E-state index >= 15 is 0 Å². The van der Waals surface area contributed by atoms with Gasteiger partial charge in [0.25, 0.3) is 5.56 Å². The summed E-state index contributed by atoms with van der Waals surface area (Å²) >= 11 is 0. The van der Waals surface area contributed by atoms with E-state index in [-0.39, 0.29) is 17.6 Å². The second-order valence-corrected chi connectivity index (χ2v) is 6.96. The van der Waals surface area contributed by atoms with Crippen LogP contribution in [0.2, 0.25) is 0 Å². The summed E-state index contributed by atoms with van der Waals surface area (Å²) in [5.41, 5.74) is 1.71. The predicted molar refractivity (Wildman–Crippen MR) is 114 cm³/mol. The lowest BCUT2D eigenvalue weighted by molar-refractivity contribution is -0.141. The molecule has 1 unspecified atom stereocenters. The first-order valence-electron chi connectivity index (χ1n) is 9.83. The van der Waals surface area contributed by atoms with Gasteiger partial charge in [-0.05, 0) is 42.7 Å². The molecule has 0 bridgehead atoms. The lowest BCUT2D eigenvalue weighted by Crippen LogP contribution is -2.23. The van der Waals surface area contributed by atoms with Crippen LogP contribution in [0.25, 0.3) is 10.8 Å². The minimum absolute atomic E-state index is 0.150. The first-order chi connectivity index (χ1) is 14.5. The fourth-order valence-corrected chi connectivity index (χ4v) is 3.27. The average Bonchev–Trinajstić information content (AvgIpc) is 2.78. The van der Waals surface area contributed by atoms with Crippen LogP contribution in [-0.2, 0) is 20.8 Å². The van der Waals surface area contributed by atoms with Crippen LogP contribution in [0.1, 0.15) is 37.0 Å². The molecular formula is C23H26N2O5. The van der Waals surface area contributed by atoms with Crippen molar-refractivity contribution in [3.63, 3.8) is 0 Å². The van der Waals surface area contributed by atoms with Gasteiger partial charge in [-0.3, -0.25) is 9.59 Å². The highest BCUT2D eigenvalue weighted by molar-refractivity contribution is 5.84. The number of fused-ring (bicyclic) bond motifs is 1. The monoisotopic (exact) mass is 410 g/mol. The second-order valence-electron chi connectivity index (χ2n) is 6.96. The van der Waals surface area contributed by atoms with E-state index in [1.807, 2.05) is 43.3 Å². The van der Waals surface area contributed by atoms with E-state index in [1.54, 1.807) is 19.4 Å². The highest BCUT2D eigenvalue weighted by Gasteiger charge is 2.14. The molecule has 3 aromatic rings. The molecule has 0 saturated carbocycles. The van der Waals surface area contributed by atoms with E-state index in [2.05, 4.69) is 9.84 Å². The topological polar surface area (TPSA) is 79.7 Å². The molecule has 7 nitrogen and oxygen atoms in total. The van der Waals surface area contributed by atoms with Crippen molar-refractivity contribution in [2.45, 2.75) is 32.4 Å². The Hall–Kier alpha value is -3.19. The lowest BCUT2D eigenvalue weighted by atomic mass is 10.0. The van der Waals surface area contributed by atoms with Crippen LogP contribution in [0, 0.1) is 0 Å². The van der Waals surface area contributed by atoms with Crippen LogP contribution >= 0.6 is 0 Å². The Kier molecular flexibility index (Phi) is 7.19. The van der Waals surface area contributed by atoms with E-state index in [0.717, 1.165) is 22.3 Å². The van der Waals surface area contributed by atoms with Gasteiger partial charge in [0, 0.05) is 18.4 Å². The number of carbonyl (C=O) groups excluding carboxylic acids is 1. The summed E-state index contributed by atoms with van der Waals surface area (Å²) in [5.74, 6) is 0.515. The maximum absolute atomic E-state index is 13.0. The molecule has 0 fully saturated rings. The highest BCUT2D eigenvalue weighted by Crippen LogP contribution is 2.24. The van der Waals surface area contributed by atoms with Crippen molar-refractivity contribution >= 4 is 16.7 Å². The number of aromatic nitrogens is 2. The van der Waals surface area contributed by atoms with Crippen molar-refractivity contribution in [1.29, 1.82) is 0 Å². The standard InChI is InChI=1S/C23H26N2O5/c1-16(30-13-5-8-22(26)29-3)19-6-4-7-20-21(19)14-24-25(23(20)27)15-17-9-11-18(28-2)12-10-17/h4,6-7,9-12,14,16H,5,8,13,15H2,1-3H3. The summed E-state index contributed by atoms with van der Waals surface area (Å²) in [6, 6.07) is 13.1. The number of ether oxygens (including phenoxy) is 3. The normalized spacial score (nSPS) is 12.0. The van der Waals surface area contributed by atoms with Crippen LogP contribution in [0.4, 0.5) is 0 Å². The maximum atomic E-state index is 13.0. The van der Waals surface area contributed by atoms with Gasteiger partial charge >= 0.3 is 5.97 Å². The van der Waals surface area contributed by atoms with Crippen molar-refractivity contribution in [1.82, 2.24) is 9.78 Å². The zero-order chi connectivity index (χ0) is 21.5. The summed E-state index contributed by atoms with van der Waals surface area (Å²) < 4.78 is 17.1. The van der Waals surface area contributed by atoms with Gasteiger partial charge in [0.05, 0.1) is 38.5 Å². The minimum Gasteiger partial charge on any atom is -0.497 e. The van der Waals surface area contributed by atoms with Crippen LogP contribution < -0.4 is 10.3 Å². The highest BCUT2D eigenvalue weighted by atomic mass is 16.5. The Bertz CT molecular complexity index is 1060. The third kappa shape index (κ3) is 5.04. The van der Waals surface area contributed by atoms with Gasteiger partial charge in [-0.25, -0.2) is 4.68 Å². The molecule has 0 N–H and O–H groups in total. The minimum atomic E-state index is -0.252. The van der Waals surface area contributed by atoms with Gasteiger partial charge in [0.2, 0.25) is 0 Å². The van der Waals surface area contributed by atoms with Gasteiger partial charge in [0.15, 0.2) is 0 Å². The Morgan fingerprint density at radius 2 is 1.87 bits per heavy atom. The molecule has 0 aliphatic rings. The molecule has 0 amide bonds. The van der Waals surface area contributed by atoms with Crippen LogP contribution in [0.15, 0.2) is 53.5 Å². The van der Waals surface area contributed by atoms with Crippen LogP contribution in [-0.4, -0.2) is 36.6 Å².